The van der Waals surface area contributed by atoms with Crippen LogP contribution in [0.4, 0.5) is 0 Å². The SMILES string of the molecule is CC(N)=NCC=N. The number of rotatable bonds is 2. The molecule has 40 valence electrons. The van der Waals surface area contributed by atoms with Crippen molar-refractivity contribution in [3.05, 3.63) is 0 Å². The molecule has 0 unspecified atom stereocenters. The van der Waals surface area contributed by atoms with E-state index in [1.54, 1.807) is 6.92 Å². The van der Waals surface area contributed by atoms with E-state index in [1.807, 2.05) is 0 Å². The predicted octanol–water partition coefficient (Wildman–Crippen LogP) is 0.0131. The molecule has 0 radical (unpaired) electrons. The van der Waals surface area contributed by atoms with E-state index < -0.39 is 0 Å². The summed E-state index contributed by atoms with van der Waals surface area (Å²) in [6, 6.07) is 0. The van der Waals surface area contributed by atoms with Gasteiger partial charge < -0.3 is 11.1 Å². The summed E-state index contributed by atoms with van der Waals surface area (Å²) in [5.41, 5.74) is 5.13. The van der Waals surface area contributed by atoms with Gasteiger partial charge in [-0.25, -0.2) is 0 Å². The van der Waals surface area contributed by atoms with E-state index in [4.69, 9.17) is 11.1 Å². The third-order valence-corrected chi connectivity index (χ3v) is 0.432. The molecule has 0 fully saturated rings. The maximum Gasteiger partial charge on any atom is 0.0910 e. The fraction of sp³-hybridized carbons (Fsp3) is 0.500. The van der Waals surface area contributed by atoms with Crippen molar-refractivity contribution in [1.29, 1.82) is 5.41 Å². The number of nitrogens with zero attached hydrogens (tertiary/aromatic N) is 1. The van der Waals surface area contributed by atoms with E-state index >= 15 is 0 Å². The Bertz CT molecular complexity index is 80.9. The predicted molar refractivity (Wildman–Crippen MR) is 30.9 cm³/mol. The highest BCUT2D eigenvalue weighted by Crippen LogP contribution is 1.62. The van der Waals surface area contributed by atoms with Crippen molar-refractivity contribution in [2.75, 3.05) is 6.54 Å². The lowest BCUT2D eigenvalue weighted by atomic mass is 10.6. The quantitative estimate of drug-likeness (QED) is 0.372. The first-order valence-electron chi connectivity index (χ1n) is 2.03. The summed E-state index contributed by atoms with van der Waals surface area (Å²) < 4.78 is 0. The van der Waals surface area contributed by atoms with Gasteiger partial charge in [-0.15, -0.1) is 0 Å². The average Bonchev–Trinajstić information content (AvgIpc) is 1.61. The Hall–Kier alpha value is -0.860. The molecule has 3 nitrogen and oxygen atoms in total. The molecule has 0 saturated carbocycles. The largest absolute Gasteiger partial charge is 0.388 e. The van der Waals surface area contributed by atoms with Crippen molar-refractivity contribution in [2.24, 2.45) is 10.7 Å². The summed E-state index contributed by atoms with van der Waals surface area (Å²) in [7, 11) is 0. The van der Waals surface area contributed by atoms with Crippen LogP contribution in [-0.4, -0.2) is 18.6 Å². The number of amidine groups is 1. The smallest absolute Gasteiger partial charge is 0.0910 e. The molecule has 7 heavy (non-hydrogen) atoms. The van der Waals surface area contributed by atoms with Crippen molar-refractivity contribution < 1.29 is 0 Å². The monoisotopic (exact) mass is 99.1 g/mol. The van der Waals surface area contributed by atoms with E-state index in [0.717, 1.165) is 0 Å². The van der Waals surface area contributed by atoms with Gasteiger partial charge in [-0.2, -0.15) is 0 Å². The van der Waals surface area contributed by atoms with Gasteiger partial charge in [0.05, 0.1) is 12.4 Å². The highest BCUT2D eigenvalue weighted by molar-refractivity contribution is 5.78. The summed E-state index contributed by atoms with van der Waals surface area (Å²) in [4.78, 5) is 3.69. The van der Waals surface area contributed by atoms with Gasteiger partial charge in [-0.3, -0.25) is 4.99 Å². The highest BCUT2D eigenvalue weighted by atomic mass is 14.8. The van der Waals surface area contributed by atoms with Crippen LogP contribution in [0.5, 0.6) is 0 Å². The van der Waals surface area contributed by atoms with E-state index in [9.17, 15) is 0 Å². The van der Waals surface area contributed by atoms with Crippen LogP contribution >= 0.6 is 0 Å². The molecule has 0 saturated heterocycles. The Kier molecular flexibility index (Phi) is 2.92. The minimum absolute atomic E-state index is 0.405. The normalized spacial score (nSPS) is 11.3. The standard InChI is InChI=1S/C4H9N3/c1-4(6)7-3-2-5/h2,5H,3H2,1H3,(H2,6,7). The maximum absolute atomic E-state index is 6.51. The summed E-state index contributed by atoms with van der Waals surface area (Å²) in [6.07, 6.45) is 1.20. The Morgan fingerprint density at radius 1 is 2.00 bits per heavy atom. The van der Waals surface area contributed by atoms with Crippen molar-refractivity contribution in [2.45, 2.75) is 6.92 Å². The summed E-state index contributed by atoms with van der Waals surface area (Å²) in [6.45, 7) is 2.10. The van der Waals surface area contributed by atoms with Crippen LogP contribution in [-0.2, 0) is 0 Å². The highest BCUT2D eigenvalue weighted by Gasteiger charge is 1.71. The molecule has 0 aliphatic rings. The minimum Gasteiger partial charge on any atom is -0.388 e. The third-order valence-electron chi connectivity index (χ3n) is 0.432. The first-order chi connectivity index (χ1) is 3.27. The van der Waals surface area contributed by atoms with Crippen molar-refractivity contribution in [3.63, 3.8) is 0 Å². The van der Waals surface area contributed by atoms with E-state index in [1.165, 1.54) is 6.21 Å². The molecular weight excluding hydrogens is 90.1 g/mol. The zero-order chi connectivity index (χ0) is 5.70. The molecule has 0 aromatic heterocycles. The molecule has 0 atom stereocenters. The first kappa shape index (κ1) is 6.14. The zero-order valence-corrected chi connectivity index (χ0v) is 4.31. The molecule has 0 aliphatic carbocycles. The Labute approximate surface area is 42.8 Å². The summed E-state index contributed by atoms with van der Waals surface area (Å²) in [5, 5.41) is 6.51. The number of nitrogens with two attached hydrogens (primary N) is 1. The molecular formula is C4H9N3. The molecule has 0 amide bonds. The summed E-state index contributed by atoms with van der Waals surface area (Å²) in [5.74, 6) is 0.531. The van der Waals surface area contributed by atoms with Crippen LogP contribution in [0.1, 0.15) is 6.92 Å². The lowest BCUT2D eigenvalue weighted by molar-refractivity contribution is 1.27. The van der Waals surface area contributed by atoms with Gasteiger partial charge in [0, 0.05) is 6.21 Å². The lowest BCUT2D eigenvalue weighted by Gasteiger charge is -1.82. The Balaban J connectivity index is 3.25. The van der Waals surface area contributed by atoms with Gasteiger partial charge in [-0.1, -0.05) is 0 Å². The number of hydrogen-bond acceptors (Lipinski definition) is 2. The Morgan fingerprint density at radius 2 is 2.57 bits per heavy atom. The van der Waals surface area contributed by atoms with Gasteiger partial charge in [-0.05, 0) is 6.92 Å². The van der Waals surface area contributed by atoms with Crippen LogP contribution in [0.15, 0.2) is 4.99 Å². The fourth-order valence-electron chi connectivity index (χ4n) is 0.190. The molecule has 0 spiro atoms. The van der Waals surface area contributed by atoms with E-state index in [0.29, 0.717) is 12.4 Å². The van der Waals surface area contributed by atoms with Crippen molar-refractivity contribution >= 4 is 12.1 Å². The maximum atomic E-state index is 6.51. The summed E-state index contributed by atoms with van der Waals surface area (Å²) >= 11 is 0. The van der Waals surface area contributed by atoms with Gasteiger partial charge in [0.2, 0.25) is 0 Å². The van der Waals surface area contributed by atoms with Crippen molar-refractivity contribution in [1.82, 2.24) is 0 Å². The molecule has 0 aromatic rings. The van der Waals surface area contributed by atoms with E-state index in [-0.39, 0.29) is 0 Å². The van der Waals surface area contributed by atoms with Crippen LogP contribution < -0.4 is 5.73 Å². The second kappa shape index (κ2) is 3.33. The number of aliphatic imine (C=N–C) groups is 1. The van der Waals surface area contributed by atoms with Crippen LogP contribution in [0.25, 0.3) is 0 Å². The second-order valence-electron chi connectivity index (χ2n) is 1.19. The second-order valence-corrected chi connectivity index (χ2v) is 1.19. The molecule has 0 aliphatic heterocycles. The van der Waals surface area contributed by atoms with Gasteiger partial charge in [0.25, 0.3) is 0 Å². The minimum atomic E-state index is 0.405. The lowest BCUT2D eigenvalue weighted by Crippen LogP contribution is -2.05. The van der Waals surface area contributed by atoms with Crippen LogP contribution in [0.3, 0.4) is 0 Å². The fourth-order valence-corrected chi connectivity index (χ4v) is 0.190. The van der Waals surface area contributed by atoms with Gasteiger partial charge >= 0.3 is 0 Å². The molecule has 0 aromatic carbocycles. The number of hydrogen-bond donors (Lipinski definition) is 2. The number of nitrogens with one attached hydrogen (secondary N) is 1. The van der Waals surface area contributed by atoms with Gasteiger partial charge in [0.1, 0.15) is 0 Å². The Morgan fingerprint density at radius 3 is 2.71 bits per heavy atom. The molecule has 0 bridgehead atoms. The van der Waals surface area contributed by atoms with Crippen LogP contribution in [0.2, 0.25) is 0 Å². The molecule has 0 rings (SSSR count). The van der Waals surface area contributed by atoms with Crippen LogP contribution in [0, 0.1) is 5.41 Å². The first-order valence-corrected chi connectivity index (χ1v) is 2.03. The topological polar surface area (TPSA) is 62.2 Å². The van der Waals surface area contributed by atoms with E-state index in [2.05, 4.69) is 4.99 Å². The van der Waals surface area contributed by atoms with Crippen molar-refractivity contribution in [3.8, 4) is 0 Å². The van der Waals surface area contributed by atoms with Gasteiger partial charge in [0.15, 0.2) is 0 Å². The third kappa shape index (κ3) is 5.14. The molecule has 0 heterocycles. The zero-order valence-electron chi connectivity index (χ0n) is 4.31. The molecule has 3 heteroatoms. The molecule has 3 N–H and O–H groups in total. The average molecular weight is 99.1 g/mol.